The number of likely N-dealkylation sites (tertiary alicyclic amines) is 1. The van der Waals surface area contributed by atoms with Crippen LogP contribution in [0.1, 0.15) is 63.6 Å². The second kappa shape index (κ2) is 14.4. The van der Waals surface area contributed by atoms with Gasteiger partial charge in [0.25, 0.3) is 16.0 Å². The Morgan fingerprint density at radius 3 is 2.09 bits per heavy atom. The number of amides is 3. The minimum Gasteiger partial charge on any atom is -0.489 e. The number of ether oxygens (including phenoxy) is 1. The molecule has 3 aromatic rings. The van der Waals surface area contributed by atoms with Crippen LogP contribution in [-0.2, 0) is 15.5 Å². The Morgan fingerprint density at radius 1 is 1.02 bits per heavy atom. The monoisotopic (exact) mass is 616 g/mol. The van der Waals surface area contributed by atoms with E-state index < -0.39 is 16.1 Å². The predicted molar refractivity (Wildman–Crippen MR) is 164 cm³/mol. The summed E-state index contributed by atoms with van der Waals surface area (Å²) in [6.45, 7) is 12.5. The maximum atomic E-state index is 12.6. The lowest BCUT2D eigenvalue weighted by atomic mass is 9.92. The van der Waals surface area contributed by atoms with Crippen LogP contribution in [0.3, 0.4) is 0 Å². The normalized spacial score (nSPS) is 14.4. The van der Waals surface area contributed by atoms with Gasteiger partial charge in [-0.2, -0.15) is 8.42 Å². The first-order chi connectivity index (χ1) is 20.1. The van der Waals surface area contributed by atoms with Gasteiger partial charge in [-0.15, -0.1) is 0 Å². The fourth-order valence-electron chi connectivity index (χ4n) is 4.08. The lowest BCUT2D eigenvalue weighted by molar-refractivity contribution is 0.0840. The third-order valence-electron chi connectivity index (χ3n) is 6.39. The molecule has 1 aliphatic heterocycles. The first-order valence-corrected chi connectivity index (χ1v) is 15.7. The van der Waals surface area contributed by atoms with Gasteiger partial charge in [0.2, 0.25) is 5.88 Å². The first-order valence-electron chi connectivity index (χ1n) is 13.8. The van der Waals surface area contributed by atoms with Crippen LogP contribution in [-0.4, -0.2) is 71.4 Å². The molecule has 1 saturated heterocycles. The van der Waals surface area contributed by atoms with Crippen LogP contribution in [0.25, 0.3) is 0 Å². The number of anilines is 3. The van der Waals surface area contributed by atoms with Gasteiger partial charge in [-0.1, -0.05) is 25.9 Å². The highest BCUT2D eigenvalue weighted by Crippen LogP contribution is 2.24. The van der Waals surface area contributed by atoms with Gasteiger partial charge in [-0.05, 0) is 63.1 Å². The number of piperidine rings is 1. The number of hydrogen-bond acceptors (Lipinski definition) is 9. The van der Waals surface area contributed by atoms with Gasteiger partial charge in [0.05, 0.1) is 18.1 Å². The Labute approximate surface area is 252 Å². The van der Waals surface area contributed by atoms with Crippen molar-refractivity contribution >= 4 is 39.3 Å². The summed E-state index contributed by atoms with van der Waals surface area (Å²) in [6, 6.07) is 12.0. The Bertz CT molecular complexity index is 1450. The van der Waals surface area contributed by atoms with E-state index in [4.69, 9.17) is 13.8 Å². The lowest BCUT2D eigenvalue weighted by Gasteiger charge is -2.34. The number of carbonyl (C=O) groups excluding carboxylic acids is 2. The molecule has 4 rings (SSSR count). The van der Waals surface area contributed by atoms with E-state index in [9.17, 15) is 18.0 Å². The molecule has 1 fully saturated rings. The highest BCUT2D eigenvalue weighted by Gasteiger charge is 2.22. The van der Waals surface area contributed by atoms with E-state index in [1.165, 1.54) is 0 Å². The van der Waals surface area contributed by atoms with E-state index in [0.29, 0.717) is 29.4 Å². The highest BCUT2D eigenvalue weighted by atomic mass is 32.2. The van der Waals surface area contributed by atoms with Crippen LogP contribution in [0.4, 0.5) is 22.1 Å². The molecule has 3 heterocycles. The molecule has 13 nitrogen and oxygen atoms in total. The number of rotatable bonds is 7. The Morgan fingerprint density at radius 2 is 1.60 bits per heavy atom. The summed E-state index contributed by atoms with van der Waals surface area (Å²) < 4.78 is 37.1. The summed E-state index contributed by atoms with van der Waals surface area (Å²) in [7, 11) is -3.67. The minimum absolute atomic E-state index is 0.164. The average Bonchev–Trinajstić information content (AvgIpc) is 3.39. The molecule has 234 valence electrons. The van der Waals surface area contributed by atoms with Gasteiger partial charge in [0, 0.05) is 42.0 Å². The maximum Gasteiger partial charge on any atom is 0.326 e. The van der Waals surface area contributed by atoms with Crippen molar-refractivity contribution in [2.45, 2.75) is 65.0 Å². The standard InChI is InChI=1S/C28H36N6O4.CH4O3S/c1-18(2)34-14-12-21(13-15-34)37-22-10-11-23(29-17-22)26(35)30-19-6-8-20(9-7-19)31-27(36)32-25-16-24(33-38-25)28(3,4)5;1-5(2,3)4/h6-11,16-18,21H,12-15H2,1-5H3,(H,30,35)(H2,31,32,36);1H3,(H,2,3,4). The SMILES string of the molecule is CC(C)N1CCC(Oc2ccc(C(=O)Nc3ccc(NC(=O)Nc4cc(C(C)(C)C)no4)cc3)nc2)CC1.CS(=O)(=O)O. The van der Waals surface area contributed by atoms with Crippen molar-refractivity contribution in [3.8, 4) is 5.75 Å². The lowest BCUT2D eigenvalue weighted by Crippen LogP contribution is -2.41. The largest absolute Gasteiger partial charge is 0.489 e. The van der Waals surface area contributed by atoms with E-state index in [-0.39, 0.29) is 29.0 Å². The van der Waals surface area contributed by atoms with E-state index >= 15 is 0 Å². The molecule has 0 unspecified atom stereocenters. The maximum absolute atomic E-state index is 12.6. The second-order valence-corrected chi connectivity index (χ2v) is 13.0. The molecule has 1 aromatic carbocycles. The van der Waals surface area contributed by atoms with Crippen LogP contribution >= 0.6 is 0 Å². The van der Waals surface area contributed by atoms with Crippen LogP contribution in [0.2, 0.25) is 0 Å². The number of aromatic nitrogens is 2. The van der Waals surface area contributed by atoms with Crippen molar-refractivity contribution in [3.63, 3.8) is 0 Å². The summed E-state index contributed by atoms with van der Waals surface area (Å²) >= 11 is 0. The fraction of sp³-hybridized carbons (Fsp3) is 0.448. The topological polar surface area (TPSA) is 176 Å². The third-order valence-corrected chi connectivity index (χ3v) is 6.39. The van der Waals surface area contributed by atoms with Crippen molar-refractivity contribution in [1.29, 1.82) is 0 Å². The Kier molecular flexibility index (Phi) is 11.2. The predicted octanol–water partition coefficient (Wildman–Crippen LogP) is 5.02. The molecule has 0 aliphatic carbocycles. The number of nitrogens with zero attached hydrogens (tertiary/aromatic N) is 3. The molecular formula is C29H40N6O7S. The fourth-order valence-corrected chi connectivity index (χ4v) is 4.08. The number of hydrogen-bond donors (Lipinski definition) is 4. The zero-order valence-corrected chi connectivity index (χ0v) is 26.1. The molecule has 0 saturated carbocycles. The van der Waals surface area contributed by atoms with Crippen molar-refractivity contribution in [3.05, 3.63) is 60.0 Å². The molecule has 4 N–H and O–H groups in total. The van der Waals surface area contributed by atoms with E-state index in [2.05, 4.69) is 44.8 Å². The van der Waals surface area contributed by atoms with Crippen molar-refractivity contribution in [2.24, 2.45) is 0 Å². The Hall–Kier alpha value is -4.01. The van der Waals surface area contributed by atoms with Gasteiger partial charge < -0.3 is 24.8 Å². The van der Waals surface area contributed by atoms with Gasteiger partial charge in [0.1, 0.15) is 17.5 Å². The van der Waals surface area contributed by atoms with Gasteiger partial charge in [-0.3, -0.25) is 14.7 Å². The summed E-state index contributed by atoms with van der Waals surface area (Å²) in [6.07, 6.45) is 4.43. The zero-order chi connectivity index (χ0) is 31.8. The molecule has 14 heteroatoms. The minimum atomic E-state index is -3.67. The zero-order valence-electron chi connectivity index (χ0n) is 25.2. The summed E-state index contributed by atoms with van der Waals surface area (Å²) in [5.41, 5.74) is 1.97. The summed E-state index contributed by atoms with van der Waals surface area (Å²) in [5.74, 6) is 0.593. The molecule has 0 atom stereocenters. The number of benzene rings is 1. The summed E-state index contributed by atoms with van der Waals surface area (Å²) in [4.78, 5) is 31.6. The number of urea groups is 1. The van der Waals surface area contributed by atoms with Gasteiger partial charge in [0.15, 0.2) is 0 Å². The molecule has 1 aliphatic rings. The smallest absolute Gasteiger partial charge is 0.326 e. The molecule has 43 heavy (non-hydrogen) atoms. The van der Waals surface area contributed by atoms with Gasteiger partial charge >= 0.3 is 6.03 Å². The van der Waals surface area contributed by atoms with E-state index in [1.807, 2.05) is 20.8 Å². The molecule has 0 bridgehead atoms. The molecule has 0 spiro atoms. The van der Waals surface area contributed by atoms with Gasteiger partial charge in [-0.25, -0.2) is 9.78 Å². The second-order valence-electron chi connectivity index (χ2n) is 11.5. The third kappa shape index (κ3) is 11.7. The summed E-state index contributed by atoms with van der Waals surface area (Å²) in [5, 5.41) is 12.1. The van der Waals surface area contributed by atoms with E-state index in [0.717, 1.165) is 31.6 Å². The van der Waals surface area contributed by atoms with Crippen LogP contribution in [0.15, 0.2) is 53.2 Å². The van der Waals surface area contributed by atoms with Crippen molar-refractivity contribution in [2.75, 3.05) is 35.3 Å². The van der Waals surface area contributed by atoms with Crippen LogP contribution < -0.4 is 20.7 Å². The molecule has 3 amide bonds. The molecular weight excluding hydrogens is 576 g/mol. The highest BCUT2D eigenvalue weighted by molar-refractivity contribution is 7.85. The molecule has 0 radical (unpaired) electrons. The average molecular weight is 617 g/mol. The van der Waals surface area contributed by atoms with Crippen LogP contribution in [0, 0.1) is 0 Å². The number of carbonyl (C=O) groups is 2. The van der Waals surface area contributed by atoms with Crippen molar-refractivity contribution < 1.29 is 31.8 Å². The Balaban J connectivity index is 0.000000934. The van der Waals surface area contributed by atoms with E-state index in [1.54, 1.807) is 48.7 Å². The quantitative estimate of drug-likeness (QED) is 0.264. The number of pyridine rings is 1. The molecule has 2 aromatic heterocycles. The van der Waals surface area contributed by atoms with Crippen molar-refractivity contribution in [1.82, 2.24) is 15.0 Å². The van der Waals surface area contributed by atoms with Crippen LogP contribution in [0.5, 0.6) is 5.75 Å². The number of nitrogens with one attached hydrogen (secondary N) is 3. The first kappa shape index (κ1) is 33.5.